The van der Waals surface area contributed by atoms with Crippen LogP contribution in [0, 0.1) is 11.8 Å². The molecule has 0 spiro atoms. The first-order chi connectivity index (χ1) is 10.1. The Bertz CT molecular complexity index is 553. The average Bonchev–Trinajstić information content (AvgIpc) is 2.42. The Labute approximate surface area is 134 Å². The minimum absolute atomic E-state index is 0.0223. The molecule has 2 atom stereocenters. The Kier molecular flexibility index (Phi) is 4.67. The van der Waals surface area contributed by atoms with Gasteiger partial charge >= 0.3 is 0 Å². The monoisotopic (exact) mass is 353 g/mol. The molecule has 0 aromatic carbocycles. The highest BCUT2D eigenvalue weighted by atomic mass is 79.9. The molecule has 2 aliphatic carbocycles. The van der Waals surface area contributed by atoms with Crippen LogP contribution in [0.2, 0.25) is 0 Å². The fraction of sp³-hybridized carbons (Fsp3) is 0.750. The van der Waals surface area contributed by atoms with Gasteiger partial charge in [-0.2, -0.15) is 5.10 Å². The summed E-state index contributed by atoms with van der Waals surface area (Å²) in [5, 5.41) is 7.79. The smallest absolute Gasteiger partial charge is 0.291 e. The average molecular weight is 354 g/mol. The number of halogens is 1. The second-order valence-electron chi connectivity index (χ2n) is 6.66. The first-order valence-corrected chi connectivity index (χ1v) is 8.96. The molecule has 0 saturated heterocycles. The van der Waals surface area contributed by atoms with E-state index in [0.29, 0.717) is 23.6 Å². The summed E-state index contributed by atoms with van der Waals surface area (Å²) in [5.41, 5.74) is 0.720. The zero-order valence-electron chi connectivity index (χ0n) is 12.6. The van der Waals surface area contributed by atoms with Gasteiger partial charge in [0, 0.05) is 12.6 Å². The molecule has 0 aliphatic heterocycles. The van der Waals surface area contributed by atoms with Crippen LogP contribution in [0.3, 0.4) is 0 Å². The Morgan fingerprint density at radius 3 is 2.71 bits per heavy atom. The lowest BCUT2D eigenvalue weighted by Crippen LogP contribution is -2.36. The van der Waals surface area contributed by atoms with Gasteiger partial charge in [-0.3, -0.25) is 4.79 Å². The number of nitrogens with one attached hydrogen (secondary N) is 1. The Balaban J connectivity index is 1.79. The lowest BCUT2D eigenvalue weighted by Gasteiger charge is -2.30. The lowest BCUT2D eigenvalue weighted by atomic mass is 9.85. The molecule has 2 aliphatic rings. The Hall–Kier alpha value is -0.840. The van der Waals surface area contributed by atoms with Crippen molar-refractivity contribution in [3.05, 3.63) is 21.0 Å². The van der Waals surface area contributed by atoms with Crippen LogP contribution in [0.25, 0.3) is 0 Å². The molecule has 4 nitrogen and oxygen atoms in total. The van der Waals surface area contributed by atoms with Gasteiger partial charge in [-0.1, -0.05) is 26.2 Å². The summed E-state index contributed by atoms with van der Waals surface area (Å²) in [6.45, 7) is 3.04. The number of rotatable bonds is 4. The van der Waals surface area contributed by atoms with E-state index in [1.807, 2.05) is 0 Å². The Morgan fingerprint density at radius 2 is 2.05 bits per heavy atom. The number of anilines is 1. The molecule has 116 valence electrons. The maximum absolute atomic E-state index is 12.7. The van der Waals surface area contributed by atoms with Gasteiger partial charge in [0.25, 0.3) is 5.56 Å². The fourth-order valence-corrected chi connectivity index (χ4v) is 3.74. The van der Waals surface area contributed by atoms with Gasteiger partial charge in [-0.25, -0.2) is 4.68 Å². The van der Waals surface area contributed by atoms with Gasteiger partial charge < -0.3 is 5.32 Å². The molecule has 1 aromatic heterocycles. The summed E-state index contributed by atoms with van der Waals surface area (Å²) >= 11 is 3.49. The molecule has 1 heterocycles. The van der Waals surface area contributed by atoms with Gasteiger partial charge in [0.1, 0.15) is 5.69 Å². The van der Waals surface area contributed by atoms with Crippen LogP contribution < -0.4 is 10.9 Å². The van der Waals surface area contributed by atoms with Gasteiger partial charge in [0.15, 0.2) is 0 Å². The minimum atomic E-state index is 0.0223. The quantitative estimate of drug-likeness (QED) is 0.895. The van der Waals surface area contributed by atoms with Crippen molar-refractivity contribution in [1.82, 2.24) is 9.78 Å². The topological polar surface area (TPSA) is 46.9 Å². The molecule has 0 radical (unpaired) electrons. The van der Waals surface area contributed by atoms with E-state index >= 15 is 0 Å². The van der Waals surface area contributed by atoms with E-state index in [-0.39, 0.29) is 5.56 Å². The summed E-state index contributed by atoms with van der Waals surface area (Å²) in [6, 6.07) is 0.405. The molecule has 1 N–H and O–H groups in total. The van der Waals surface area contributed by atoms with Crippen LogP contribution in [-0.2, 0) is 6.54 Å². The predicted molar refractivity (Wildman–Crippen MR) is 88.6 cm³/mol. The van der Waals surface area contributed by atoms with Crippen LogP contribution >= 0.6 is 15.9 Å². The zero-order valence-corrected chi connectivity index (χ0v) is 14.2. The molecule has 5 heteroatoms. The zero-order chi connectivity index (χ0) is 14.8. The van der Waals surface area contributed by atoms with Crippen molar-refractivity contribution in [2.45, 2.75) is 64.5 Å². The molecule has 1 aromatic rings. The van der Waals surface area contributed by atoms with E-state index < -0.39 is 0 Å². The molecule has 21 heavy (non-hydrogen) atoms. The molecule has 2 saturated carbocycles. The second-order valence-corrected chi connectivity index (χ2v) is 7.52. The van der Waals surface area contributed by atoms with Crippen molar-refractivity contribution in [2.24, 2.45) is 11.8 Å². The predicted octanol–water partition coefficient (Wildman–Crippen LogP) is 3.80. The van der Waals surface area contributed by atoms with E-state index in [4.69, 9.17) is 0 Å². The van der Waals surface area contributed by atoms with Crippen molar-refractivity contribution in [3.8, 4) is 0 Å². The van der Waals surface area contributed by atoms with Gasteiger partial charge in [0.2, 0.25) is 0 Å². The summed E-state index contributed by atoms with van der Waals surface area (Å²) in [5.74, 6) is 1.26. The minimum Gasteiger partial charge on any atom is -0.377 e. The van der Waals surface area contributed by atoms with Crippen molar-refractivity contribution in [1.29, 1.82) is 0 Å². The highest BCUT2D eigenvalue weighted by Crippen LogP contribution is 2.29. The Morgan fingerprint density at radius 1 is 1.29 bits per heavy atom. The van der Waals surface area contributed by atoms with Gasteiger partial charge in [-0.05, 0) is 53.4 Å². The molecular formula is C16H24BrN3O. The van der Waals surface area contributed by atoms with E-state index in [9.17, 15) is 4.79 Å². The molecular weight excluding hydrogens is 330 g/mol. The summed E-state index contributed by atoms with van der Waals surface area (Å²) in [4.78, 5) is 12.7. The second kappa shape index (κ2) is 6.51. The molecule has 2 unspecified atom stereocenters. The first-order valence-electron chi connectivity index (χ1n) is 8.17. The van der Waals surface area contributed by atoms with Crippen LogP contribution in [0.1, 0.15) is 51.9 Å². The van der Waals surface area contributed by atoms with Gasteiger partial charge in [0.05, 0.1) is 10.7 Å². The molecule has 0 bridgehead atoms. The number of aromatic nitrogens is 2. The highest BCUT2D eigenvalue weighted by molar-refractivity contribution is 9.10. The number of hydrogen-bond donors (Lipinski definition) is 1. The maximum atomic E-state index is 12.7. The lowest BCUT2D eigenvalue weighted by molar-refractivity contribution is 0.261. The summed E-state index contributed by atoms with van der Waals surface area (Å²) < 4.78 is 2.43. The molecule has 0 amide bonds. The number of hydrogen-bond acceptors (Lipinski definition) is 3. The fourth-order valence-electron chi connectivity index (χ4n) is 3.37. The summed E-state index contributed by atoms with van der Waals surface area (Å²) in [7, 11) is 0. The summed E-state index contributed by atoms with van der Waals surface area (Å²) in [6.07, 6.45) is 10.5. The van der Waals surface area contributed by atoms with Crippen LogP contribution in [0.15, 0.2) is 15.5 Å². The first kappa shape index (κ1) is 15.1. The molecule has 2 fully saturated rings. The SMILES string of the molecule is CC1CCCCC1Nc1c(Br)cnn(CC2CCC2)c1=O. The third-order valence-electron chi connectivity index (χ3n) is 5.09. The van der Waals surface area contributed by atoms with Gasteiger partial charge in [-0.15, -0.1) is 0 Å². The van der Waals surface area contributed by atoms with Crippen molar-refractivity contribution in [2.75, 3.05) is 5.32 Å². The highest BCUT2D eigenvalue weighted by Gasteiger charge is 2.24. The van der Waals surface area contributed by atoms with E-state index in [1.165, 1.54) is 38.5 Å². The standard InChI is InChI=1S/C16H24BrN3O/c1-11-5-2-3-8-14(11)19-15-13(17)9-18-20(16(15)21)10-12-6-4-7-12/h9,11-12,14,19H,2-8,10H2,1H3. The van der Waals surface area contributed by atoms with Crippen molar-refractivity contribution < 1.29 is 0 Å². The third kappa shape index (κ3) is 3.33. The third-order valence-corrected chi connectivity index (χ3v) is 5.70. The van der Waals surface area contributed by atoms with E-state index in [1.54, 1.807) is 10.9 Å². The van der Waals surface area contributed by atoms with E-state index in [0.717, 1.165) is 17.4 Å². The number of nitrogens with zero attached hydrogens (tertiary/aromatic N) is 2. The van der Waals surface area contributed by atoms with Crippen LogP contribution in [-0.4, -0.2) is 15.8 Å². The largest absolute Gasteiger partial charge is 0.377 e. The maximum Gasteiger partial charge on any atom is 0.291 e. The molecule has 3 rings (SSSR count). The van der Waals surface area contributed by atoms with Crippen LogP contribution in [0.4, 0.5) is 5.69 Å². The normalized spacial score (nSPS) is 26.4. The van der Waals surface area contributed by atoms with Crippen LogP contribution in [0.5, 0.6) is 0 Å². The van der Waals surface area contributed by atoms with E-state index in [2.05, 4.69) is 33.3 Å². The van der Waals surface area contributed by atoms with Crippen molar-refractivity contribution >= 4 is 21.6 Å². The van der Waals surface area contributed by atoms with Crippen molar-refractivity contribution in [3.63, 3.8) is 0 Å².